The molecule has 0 aromatic carbocycles. The predicted octanol–water partition coefficient (Wildman–Crippen LogP) is 3.57. The zero-order valence-corrected chi connectivity index (χ0v) is 16.6. The van der Waals surface area contributed by atoms with E-state index in [4.69, 9.17) is 10.7 Å². The molecule has 2 unspecified atom stereocenters. The lowest BCUT2D eigenvalue weighted by Gasteiger charge is -2.59. The minimum absolute atomic E-state index is 0.104. The lowest BCUT2D eigenvalue weighted by Crippen LogP contribution is -2.56. The Morgan fingerprint density at radius 2 is 1.79 bits per heavy atom. The fourth-order valence-corrected chi connectivity index (χ4v) is 6.96. The number of amides is 1. The van der Waals surface area contributed by atoms with E-state index in [-0.39, 0.29) is 17.1 Å². The number of nitrogens with two attached hydrogens (primary N) is 1. The van der Waals surface area contributed by atoms with Gasteiger partial charge in [-0.3, -0.25) is 9.59 Å². The van der Waals surface area contributed by atoms with Gasteiger partial charge in [0.15, 0.2) is 5.78 Å². The van der Waals surface area contributed by atoms with Crippen LogP contribution in [0.3, 0.4) is 0 Å². The van der Waals surface area contributed by atoms with Crippen LogP contribution in [0.25, 0.3) is 0 Å². The van der Waals surface area contributed by atoms with Gasteiger partial charge in [0.05, 0.1) is 0 Å². The van der Waals surface area contributed by atoms with E-state index < -0.39 is 0 Å². The molecule has 4 aliphatic carbocycles. The molecule has 1 aliphatic heterocycles. The molecule has 1 aromatic heterocycles. The van der Waals surface area contributed by atoms with Crippen LogP contribution in [0.15, 0.2) is 18.2 Å². The molecule has 4 bridgehead atoms. The molecule has 5 nitrogen and oxygen atoms in total. The maximum absolute atomic E-state index is 13.1. The molecule has 28 heavy (non-hydrogen) atoms. The van der Waals surface area contributed by atoms with Gasteiger partial charge in [0.2, 0.25) is 5.91 Å². The summed E-state index contributed by atoms with van der Waals surface area (Å²) in [5.74, 6) is 3.01. The maximum atomic E-state index is 13.1. The van der Waals surface area contributed by atoms with Gasteiger partial charge >= 0.3 is 0 Å². The molecule has 5 fully saturated rings. The number of nitrogens with zero attached hydrogens (tertiary/aromatic N) is 2. The van der Waals surface area contributed by atoms with Gasteiger partial charge in [-0.15, -0.1) is 0 Å². The summed E-state index contributed by atoms with van der Waals surface area (Å²) in [6.45, 7) is 2.07. The van der Waals surface area contributed by atoms with Crippen molar-refractivity contribution in [1.82, 2.24) is 4.98 Å². The minimum Gasteiger partial charge on any atom is -0.369 e. The quantitative estimate of drug-likeness (QED) is 0.791. The van der Waals surface area contributed by atoms with Crippen molar-refractivity contribution in [3.05, 3.63) is 23.9 Å². The van der Waals surface area contributed by atoms with E-state index >= 15 is 0 Å². The van der Waals surface area contributed by atoms with Gasteiger partial charge < -0.3 is 10.6 Å². The molecule has 150 valence electrons. The van der Waals surface area contributed by atoms with Crippen molar-refractivity contribution in [2.75, 3.05) is 18.0 Å². The van der Waals surface area contributed by atoms with Crippen molar-refractivity contribution in [2.45, 2.75) is 57.8 Å². The van der Waals surface area contributed by atoms with Gasteiger partial charge in [-0.2, -0.15) is 0 Å². The Bertz CT molecular complexity index is 770. The van der Waals surface area contributed by atoms with E-state index in [0.29, 0.717) is 35.8 Å². The smallest absolute Gasteiger partial charge is 0.223 e. The number of piperidine rings is 1. The van der Waals surface area contributed by atoms with Gasteiger partial charge in [-0.05, 0) is 87.2 Å². The number of Topliss-reactive ketones (excluding diaryl/α,β-unsaturated/α-hetero) is 1. The van der Waals surface area contributed by atoms with Crippen molar-refractivity contribution in [2.24, 2.45) is 34.8 Å². The Labute approximate surface area is 167 Å². The van der Waals surface area contributed by atoms with Crippen molar-refractivity contribution in [3.63, 3.8) is 0 Å². The first-order valence-corrected chi connectivity index (χ1v) is 11.1. The van der Waals surface area contributed by atoms with Gasteiger partial charge in [-0.1, -0.05) is 6.07 Å². The minimum atomic E-state index is -0.275. The summed E-state index contributed by atoms with van der Waals surface area (Å²) in [5, 5.41) is 0. The number of primary amides is 1. The number of hydrogen-bond donors (Lipinski definition) is 1. The number of carbonyl (C=O) groups excluding carboxylic acids is 2. The van der Waals surface area contributed by atoms with Gasteiger partial charge in [0, 0.05) is 24.9 Å². The van der Waals surface area contributed by atoms with E-state index in [0.717, 1.165) is 38.2 Å². The van der Waals surface area contributed by atoms with E-state index in [2.05, 4.69) is 4.90 Å². The first-order chi connectivity index (χ1) is 13.5. The molecule has 5 heteroatoms. The van der Waals surface area contributed by atoms with Crippen LogP contribution in [-0.4, -0.2) is 29.8 Å². The zero-order chi connectivity index (χ0) is 19.3. The Hall–Kier alpha value is -1.91. The molecule has 5 aliphatic rings. The number of aromatic nitrogens is 1. The second-order valence-electron chi connectivity index (χ2n) is 9.83. The van der Waals surface area contributed by atoms with Crippen LogP contribution < -0.4 is 10.6 Å². The van der Waals surface area contributed by atoms with Gasteiger partial charge in [0.1, 0.15) is 11.5 Å². The van der Waals surface area contributed by atoms with Crippen LogP contribution in [0.4, 0.5) is 5.82 Å². The first-order valence-electron chi connectivity index (χ1n) is 11.1. The van der Waals surface area contributed by atoms with Crippen LogP contribution in [-0.2, 0) is 4.79 Å². The van der Waals surface area contributed by atoms with Gasteiger partial charge in [0.25, 0.3) is 0 Å². The van der Waals surface area contributed by atoms with Crippen molar-refractivity contribution >= 4 is 17.5 Å². The van der Waals surface area contributed by atoms with Crippen LogP contribution >= 0.6 is 0 Å². The molecule has 1 amide bonds. The van der Waals surface area contributed by atoms with Crippen molar-refractivity contribution in [1.29, 1.82) is 0 Å². The Balaban J connectivity index is 1.31. The normalized spacial score (nSPS) is 36.5. The predicted molar refractivity (Wildman–Crippen MR) is 108 cm³/mol. The largest absolute Gasteiger partial charge is 0.369 e. The first kappa shape index (κ1) is 18.1. The number of pyridine rings is 1. The second kappa shape index (κ2) is 6.85. The zero-order valence-electron chi connectivity index (χ0n) is 16.6. The number of rotatable bonds is 5. The number of hydrogen-bond acceptors (Lipinski definition) is 4. The fourth-order valence-electron chi connectivity index (χ4n) is 6.96. The highest BCUT2D eigenvalue weighted by Crippen LogP contribution is 2.62. The summed E-state index contributed by atoms with van der Waals surface area (Å²) in [6, 6.07) is 5.88. The molecule has 0 radical (unpaired) electrons. The molecule has 0 spiro atoms. The third-order valence-electron chi connectivity index (χ3n) is 8.11. The third kappa shape index (κ3) is 3.03. The Morgan fingerprint density at radius 3 is 2.46 bits per heavy atom. The van der Waals surface area contributed by atoms with Crippen LogP contribution in [0.5, 0.6) is 0 Å². The summed E-state index contributed by atoms with van der Waals surface area (Å²) < 4.78 is 0. The molecule has 2 heterocycles. The number of ketones is 1. The average molecular weight is 382 g/mol. The lowest BCUT2D eigenvalue weighted by atomic mass is 9.45. The number of carbonyl (C=O) groups is 2. The van der Waals surface area contributed by atoms with E-state index in [1.54, 1.807) is 0 Å². The fraction of sp³-hybridized carbons (Fsp3) is 0.696. The Kier molecular flexibility index (Phi) is 4.44. The summed E-state index contributed by atoms with van der Waals surface area (Å²) in [7, 11) is 0. The molecule has 1 aromatic rings. The topological polar surface area (TPSA) is 76.3 Å². The summed E-state index contributed by atoms with van der Waals surface area (Å²) >= 11 is 0. The average Bonchev–Trinajstić information content (AvgIpc) is 2.71. The molecule has 2 N–H and O–H groups in total. The number of anilines is 1. The Morgan fingerprint density at radius 1 is 1.07 bits per heavy atom. The van der Waals surface area contributed by atoms with Crippen molar-refractivity contribution in [3.8, 4) is 0 Å². The molecular weight excluding hydrogens is 350 g/mol. The molecular formula is C23H31N3O2. The van der Waals surface area contributed by atoms with Crippen molar-refractivity contribution < 1.29 is 9.59 Å². The molecule has 2 atom stereocenters. The van der Waals surface area contributed by atoms with Crippen LogP contribution in [0.1, 0.15) is 68.3 Å². The highest BCUT2D eigenvalue weighted by Gasteiger charge is 2.57. The summed E-state index contributed by atoms with van der Waals surface area (Å²) in [4.78, 5) is 32.3. The van der Waals surface area contributed by atoms with Crippen LogP contribution in [0, 0.1) is 29.1 Å². The lowest BCUT2D eigenvalue weighted by molar-refractivity contribution is -0.149. The SMILES string of the molecule is NC(=O)C12CC3CC(C1)C(CC(=O)c1cccc(N4CCCCC4)n1)C(C3)C2. The summed E-state index contributed by atoms with van der Waals surface area (Å²) in [5.41, 5.74) is 6.13. The second-order valence-corrected chi connectivity index (χ2v) is 9.83. The molecule has 6 rings (SSSR count). The highest BCUT2D eigenvalue weighted by molar-refractivity contribution is 5.94. The van der Waals surface area contributed by atoms with Gasteiger partial charge in [-0.25, -0.2) is 4.98 Å². The molecule has 4 saturated carbocycles. The monoisotopic (exact) mass is 381 g/mol. The molecule has 1 saturated heterocycles. The van der Waals surface area contributed by atoms with Crippen LogP contribution in [0.2, 0.25) is 0 Å². The summed E-state index contributed by atoms with van der Waals surface area (Å²) in [6.07, 6.45) is 9.39. The third-order valence-corrected chi connectivity index (χ3v) is 8.11. The maximum Gasteiger partial charge on any atom is 0.223 e. The van der Waals surface area contributed by atoms with E-state index in [9.17, 15) is 9.59 Å². The van der Waals surface area contributed by atoms with E-state index in [1.807, 2.05) is 18.2 Å². The highest BCUT2D eigenvalue weighted by atomic mass is 16.1. The standard InChI is InChI=1S/C23H31N3O2/c24-22(28)23-12-15-9-16(13-23)18(17(10-15)14-23)11-20(27)19-5-4-6-21(25-19)26-7-2-1-3-8-26/h4-6,15-18H,1-3,7-14H2,(H2,24,28). The van der Waals surface area contributed by atoms with E-state index in [1.165, 1.54) is 32.1 Å².